The fraction of sp³-hybridized carbons (Fsp3) is 0.385. The number of nitriles is 1. The summed E-state index contributed by atoms with van der Waals surface area (Å²) in [5.41, 5.74) is 6.68. The lowest BCUT2D eigenvalue weighted by Gasteiger charge is -2.14. The second kappa shape index (κ2) is 7.77. The lowest BCUT2D eigenvalue weighted by molar-refractivity contribution is -0.123. The number of ether oxygens (including phenoxy) is 1. The van der Waals surface area contributed by atoms with Gasteiger partial charge in [0, 0.05) is 22.6 Å². The van der Waals surface area contributed by atoms with Crippen LogP contribution in [0.2, 0.25) is 0 Å². The van der Waals surface area contributed by atoms with Crippen molar-refractivity contribution in [3.63, 3.8) is 0 Å². The van der Waals surface area contributed by atoms with Gasteiger partial charge in [0.1, 0.15) is 5.75 Å². The minimum absolute atomic E-state index is 0.0956. The van der Waals surface area contributed by atoms with Crippen LogP contribution in [0.3, 0.4) is 0 Å². The average Bonchev–Trinajstić information content (AvgIpc) is 2.36. The van der Waals surface area contributed by atoms with Gasteiger partial charge in [-0.3, -0.25) is 4.79 Å². The maximum atomic E-state index is 11.5. The lowest BCUT2D eigenvalue weighted by Crippen LogP contribution is -2.29. The Bertz CT molecular complexity index is 483. The van der Waals surface area contributed by atoms with Gasteiger partial charge in [0.2, 0.25) is 0 Å². The molecule has 0 fully saturated rings. The van der Waals surface area contributed by atoms with Crippen molar-refractivity contribution in [3.05, 3.63) is 28.2 Å². The van der Waals surface area contributed by atoms with E-state index in [2.05, 4.69) is 21.2 Å². The van der Waals surface area contributed by atoms with Crippen molar-refractivity contribution in [2.75, 3.05) is 13.2 Å². The summed E-state index contributed by atoms with van der Waals surface area (Å²) in [5.74, 6) is 0.325. The Hall–Kier alpha value is -1.58. The molecule has 0 aliphatic heterocycles. The number of nitrogens with one attached hydrogen (secondary N) is 1. The zero-order valence-electron chi connectivity index (χ0n) is 10.6. The molecule has 1 aromatic carbocycles. The predicted octanol–water partition coefficient (Wildman–Crippen LogP) is 1.88. The highest BCUT2D eigenvalue weighted by Gasteiger charge is 2.10. The van der Waals surface area contributed by atoms with Crippen LogP contribution in [0.25, 0.3) is 0 Å². The van der Waals surface area contributed by atoms with Gasteiger partial charge < -0.3 is 15.8 Å². The first kappa shape index (κ1) is 15.5. The molecule has 0 radical (unpaired) electrons. The maximum absolute atomic E-state index is 11.5. The van der Waals surface area contributed by atoms with Gasteiger partial charge in [-0.25, -0.2) is 0 Å². The van der Waals surface area contributed by atoms with Gasteiger partial charge in [-0.1, -0.05) is 22.0 Å². The van der Waals surface area contributed by atoms with Crippen molar-refractivity contribution in [2.24, 2.45) is 5.73 Å². The van der Waals surface area contributed by atoms with Crippen LogP contribution in [-0.2, 0) is 4.79 Å². The molecule has 0 saturated carbocycles. The Morgan fingerprint density at radius 3 is 3.00 bits per heavy atom. The number of benzene rings is 1. The molecule has 1 aromatic rings. The first-order chi connectivity index (χ1) is 9.04. The smallest absolute Gasteiger partial charge is 0.257 e. The molecule has 6 heteroatoms. The number of rotatable bonds is 6. The summed E-state index contributed by atoms with van der Waals surface area (Å²) < 4.78 is 6.32. The number of nitrogens with zero attached hydrogens (tertiary/aromatic N) is 1. The van der Waals surface area contributed by atoms with Crippen molar-refractivity contribution >= 4 is 21.8 Å². The third-order valence-corrected chi connectivity index (χ3v) is 2.88. The van der Waals surface area contributed by atoms with Crippen LogP contribution in [0.5, 0.6) is 5.75 Å². The number of carbonyl (C=O) groups excluding carboxylic acids is 1. The molecule has 102 valence electrons. The molecular weight excluding hydrogens is 310 g/mol. The van der Waals surface area contributed by atoms with E-state index in [1.54, 1.807) is 6.07 Å². The number of hydrogen-bond acceptors (Lipinski definition) is 4. The molecule has 0 aliphatic carbocycles. The zero-order chi connectivity index (χ0) is 14.3. The minimum atomic E-state index is -0.258. The molecule has 5 nitrogen and oxygen atoms in total. The fourth-order valence-corrected chi connectivity index (χ4v) is 1.80. The Morgan fingerprint density at radius 1 is 1.63 bits per heavy atom. The van der Waals surface area contributed by atoms with Crippen LogP contribution in [0, 0.1) is 11.3 Å². The summed E-state index contributed by atoms with van der Waals surface area (Å²) in [7, 11) is 0. The topological polar surface area (TPSA) is 88.1 Å². The highest BCUT2D eigenvalue weighted by Crippen LogP contribution is 2.27. The Kier molecular flexibility index (Phi) is 6.33. The summed E-state index contributed by atoms with van der Waals surface area (Å²) in [5, 5.41) is 11.0. The third-order valence-electron chi connectivity index (χ3n) is 2.38. The van der Waals surface area contributed by atoms with Gasteiger partial charge >= 0.3 is 0 Å². The van der Waals surface area contributed by atoms with Crippen LogP contribution in [0.4, 0.5) is 0 Å². The van der Waals surface area contributed by atoms with Crippen molar-refractivity contribution < 1.29 is 9.53 Å². The summed E-state index contributed by atoms with van der Waals surface area (Å²) in [4.78, 5) is 11.5. The normalized spacial score (nSPS) is 11.5. The largest absolute Gasteiger partial charge is 0.483 e. The van der Waals surface area contributed by atoms with Gasteiger partial charge in [-0.2, -0.15) is 5.26 Å². The first-order valence-electron chi connectivity index (χ1n) is 5.86. The predicted molar refractivity (Wildman–Crippen MR) is 75.5 cm³/mol. The van der Waals surface area contributed by atoms with Gasteiger partial charge in [0.15, 0.2) is 6.61 Å². The molecule has 0 aromatic heterocycles. The average molecular weight is 326 g/mol. The first-order valence-corrected chi connectivity index (χ1v) is 6.65. The van der Waals surface area contributed by atoms with Crippen LogP contribution < -0.4 is 15.8 Å². The van der Waals surface area contributed by atoms with Crippen LogP contribution in [-0.4, -0.2) is 19.1 Å². The second-order valence-corrected chi connectivity index (χ2v) is 4.93. The Morgan fingerprint density at radius 2 is 2.37 bits per heavy atom. The highest BCUT2D eigenvalue weighted by molar-refractivity contribution is 9.10. The van der Waals surface area contributed by atoms with Crippen molar-refractivity contribution in [1.82, 2.24) is 5.32 Å². The standard InChI is InChI=1S/C13H16BrN3O2/c1-9(16)11-4-3-10(14)7-12(11)19-8-13(18)17-6-2-5-15/h3-4,7,9H,2,6,8,16H2,1H3,(H,17,18)/t9-/m0/s1. The molecule has 1 atom stereocenters. The molecule has 3 N–H and O–H groups in total. The molecule has 1 rings (SSSR count). The van der Waals surface area contributed by atoms with E-state index in [4.69, 9.17) is 15.7 Å². The van der Waals surface area contributed by atoms with Gasteiger partial charge in [0.05, 0.1) is 12.5 Å². The van der Waals surface area contributed by atoms with E-state index < -0.39 is 0 Å². The molecule has 0 aliphatic rings. The molecule has 19 heavy (non-hydrogen) atoms. The number of amides is 1. The van der Waals surface area contributed by atoms with Gasteiger partial charge in [-0.15, -0.1) is 0 Å². The maximum Gasteiger partial charge on any atom is 0.257 e. The quantitative estimate of drug-likeness (QED) is 0.781. The Labute approximate surface area is 120 Å². The third kappa shape index (κ3) is 5.28. The van der Waals surface area contributed by atoms with Crippen LogP contribution >= 0.6 is 15.9 Å². The van der Waals surface area contributed by atoms with Crippen LogP contribution in [0.1, 0.15) is 24.9 Å². The van der Waals surface area contributed by atoms with E-state index in [0.717, 1.165) is 10.0 Å². The molecule has 1 amide bonds. The van der Waals surface area contributed by atoms with Crippen molar-refractivity contribution in [1.29, 1.82) is 5.26 Å². The van der Waals surface area contributed by atoms with Gasteiger partial charge in [-0.05, 0) is 19.1 Å². The summed E-state index contributed by atoms with van der Waals surface area (Å²) in [6.45, 7) is 2.09. The summed E-state index contributed by atoms with van der Waals surface area (Å²) >= 11 is 3.35. The van der Waals surface area contributed by atoms with E-state index in [-0.39, 0.29) is 25.0 Å². The van der Waals surface area contributed by atoms with E-state index in [0.29, 0.717) is 12.3 Å². The van der Waals surface area contributed by atoms with E-state index in [1.807, 2.05) is 25.1 Å². The second-order valence-electron chi connectivity index (χ2n) is 4.02. The molecule has 0 saturated heterocycles. The molecule has 0 heterocycles. The van der Waals surface area contributed by atoms with Crippen molar-refractivity contribution in [3.8, 4) is 11.8 Å². The molecular formula is C13H16BrN3O2. The lowest BCUT2D eigenvalue weighted by atomic mass is 10.1. The SMILES string of the molecule is C[C@H](N)c1ccc(Br)cc1OCC(=O)NCCC#N. The Balaban J connectivity index is 2.59. The zero-order valence-corrected chi connectivity index (χ0v) is 12.2. The van der Waals surface area contributed by atoms with Crippen LogP contribution in [0.15, 0.2) is 22.7 Å². The van der Waals surface area contributed by atoms with E-state index in [9.17, 15) is 4.79 Å². The van der Waals surface area contributed by atoms with E-state index >= 15 is 0 Å². The minimum Gasteiger partial charge on any atom is -0.483 e. The summed E-state index contributed by atoms with van der Waals surface area (Å²) in [6, 6.07) is 7.29. The number of halogens is 1. The van der Waals surface area contributed by atoms with E-state index in [1.165, 1.54) is 0 Å². The molecule has 0 unspecified atom stereocenters. The van der Waals surface area contributed by atoms with Crippen molar-refractivity contribution in [2.45, 2.75) is 19.4 Å². The number of nitrogens with two attached hydrogens (primary N) is 1. The summed E-state index contributed by atoms with van der Waals surface area (Å²) in [6.07, 6.45) is 0.285. The fourth-order valence-electron chi connectivity index (χ4n) is 1.46. The molecule has 0 spiro atoms. The van der Waals surface area contributed by atoms with Gasteiger partial charge in [0.25, 0.3) is 5.91 Å². The highest BCUT2D eigenvalue weighted by atomic mass is 79.9. The number of carbonyl (C=O) groups is 1. The monoisotopic (exact) mass is 325 g/mol. The molecule has 0 bridgehead atoms. The number of hydrogen-bond donors (Lipinski definition) is 2.